The molecular weight excluding hydrogens is 430 g/mol. The number of anilines is 1. The molecule has 1 aliphatic heterocycles. The van der Waals surface area contributed by atoms with Crippen LogP contribution in [-0.2, 0) is 0 Å². The molecule has 4 rings (SSSR count). The fourth-order valence-electron chi connectivity index (χ4n) is 4.09. The van der Waals surface area contributed by atoms with Crippen LogP contribution in [0.1, 0.15) is 33.9 Å². The second-order valence-electron chi connectivity index (χ2n) is 8.18. The van der Waals surface area contributed by atoms with Gasteiger partial charge in [0.05, 0.1) is 33.1 Å². The van der Waals surface area contributed by atoms with Crippen LogP contribution < -0.4 is 19.1 Å². The summed E-state index contributed by atoms with van der Waals surface area (Å²) >= 11 is 0. The summed E-state index contributed by atoms with van der Waals surface area (Å²) in [6.07, 6.45) is 0.613. The van der Waals surface area contributed by atoms with Gasteiger partial charge in [-0.2, -0.15) is 5.10 Å². The van der Waals surface area contributed by atoms with Crippen molar-refractivity contribution < 1.29 is 19.0 Å². The van der Waals surface area contributed by atoms with E-state index in [4.69, 9.17) is 19.3 Å². The van der Waals surface area contributed by atoms with Crippen LogP contribution in [0.5, 0.6) is 17.2 Å². The van der Waals surface area contributed by atoms with Crippen LogP contribution >= 0.6 is 0 Å². The molecule has 0 saturated heterocycles. The number of amides is 1. The molecule has 0 radical (unpaired) electrons. The Labute approximate surface area is 200 Å². The summed E-state index contributed by atoms with van der Waals surface area (Å²) < 4.78 is 16.3. The van der Waals surface area contributed by atoms with Crippen LogP contribution in [0, 0.1) is 0 Å². The molecule has 0 spiro atoms. The van der Waals surface area contributed by atoms with Gasteiger partial charge in [-0.3, -0.25) is 4.79 Å². The van der Waals surface area contributed by atoms with Gasteiger partial charge in [-0.1, -0.05) is 42.5 Å². The van der Waals surface area contributed by atoms with Crippen molar-refractivity contribution in [3.05, 3.63) is 83.4 Å². The van der Waals surface area contributed by atoms with Gasteiger partial charge >= 0.3 is 0 Å². The number of benzene rings is 3. The van der Waals surface area contributed by atoms with Gasteiger partial charge in [0, 0.05) is 31.8 Å². The van der Waals surface area contributed by atoms with Crippen molar-refractivity contribution in [1.82, 2.24) is 5.01 Å². The summed E-state index contributed by atoms with van der Waals surface area (Å²) in [4.78, 5) is 15.8. The standard InChI is InChI=1S/C27H29N3O4/c1-29(2)21-13-11-19(12-14-21)23-17-22(18-9-7-6-8-10-18)28-30(23)27(31)20-15-24(32-3)26(34-5)25(16-20)33-4/h6-16,23H,17H2,1-5H3/t23-/m1/s1. The van der Waals surface area contributed by atoms with Crippen molar-refractivity contribution >= 4 is 17.3 Å². The van der Waals surface area contributed by atoms with Crippen LogP contribution in [0.4, 0.5) is 5.69 Å². The van der Waals surface area contributed by atoms with E-state index in [0.29, 0.717) is 29.2 Å². The topological polar surface area (TPSA) is 63.6 Å². The lowest BCUT2D eigenvalue weighted by molar-refractivity contribution is 0.0710. The molecule has 0 aromatic heterocycles. The van der Waals surface area contributed by atoms with Gasteiger partial charge in [0.2, 0.25) is 5.75 Å². The molecule has 1 heterocycles. The fourth-order valence-corrected chi connectivity index (χ4v) is 4.09. The zero-order valence-electron chi connectivity index (χ0n) is 20.1. The number of hydrogen-bond acceptors (Lipinski definition) is 6. The van der Waals surface area contributed by atoms with Crippen LogP contribution in [-0.4, -0.2) is 52.1 Å². The van der Waals surface area contributed by atoms with Gasteiger partial charge in [0.25, 0.3) is 5.91 Å². The zero-order valence-corrected chi connectivity index (χ0v) is 20.1. The van der Waals surface area contributed by atoms with Crippen molar-refractivity contribution in [3.8, 4) is 17.2 Å². The lowest BCUT2D eigenvalue weighted by Crippen LogP contribution is -2.27. The van der Waals surface area contributed by atoms with Crippen molar-refractivity contribution in [1.29, 1.82) is 0 Å². The van der Waals surface area contributed by atoms with Gasteiger partial charge in [-0.15, -0.1) is 0 Å². The van der Waals surface area contributed by atoms with E-state index < -0.39 is 0 Å². The molecule has 0 saturated carbocycles. The van der Waals surface area contributed by atoms with Gasteiger partial charge in [-0.25, -0.2) is 5.01 Å². The second-order valence-corrected chi connectivity index (χ2v) is 8.18. The maximum absolute atomic E-state index is 13.8. The van der Waals surface area contributed by atoms with Crippen LogP contribution in [0.2, 0.25) is 0 Å². The maximum atomic E-state index is 13.8. The number of carbonyl (C=O) groups is 1. The first-order valence-electron chi connectivity index (χ1n) is 11.0. The van der Waals surface area contributed by atoms with Gasteiger partial charge in [-0.05, 0) is 35.4 Å². The number of methoxy groups -OCH3 is 3. The summed E-state index contributed by atoms with van der Waals surface area (Å²) in [6, 6.07) is 21.2. The predicted molar refractivity (Wildman–Crippen MR) is 133 cm³/mol. The number of ether oxygens (including phenoxy) is 3. The van der Waals surface area contributed by atoms with E-state index in [0.717, 1.165) is 22.5 Å². The average molecular weight is 460 g/mol. The Kier molecular flexibility index (Phi) is 6.72. The van der Waals surface area contributed by atoms with Gasteiger partial charge < -0.3 is 19.1 Å². The highest BCUT2D eigenvalue weighted by Crippen LogP contribution is 2.40. The van der Waals surface area contributed by atoms with Crippen molar-refractivity contribution in [2.45, 2.75) is 12.5 Å². The third kappa shape index (κ3) is 4.41. The van der Waals surface area contributed by atoms with E-state index in [2.05, 4.69) is 24.3 Å². The highest BCUT2D eigenvalue weighted by atomic mass is 16.5. The van der Waals surface area contributed by atoms with Gasteiger partial charge in [0.1, 0.15) is 0 Å². The molecule has 0 aliphatic carbocycles. The Morgan fingerprint density at radius 3 is 2.06 bits per heavy atom. The number of hydrogen-bond donors (Lipinski definition) is 0. The monoisotopic (exact) mass is 459 g/mol. The molecule has 1 aliphatic rings. The minimum Gasteiger partial charge on any atom is -0.493 e. The van der Waals surface area contributed by atoms with E-state index in [1.165, 1.54) is 21.3 Å². The van der Waals surface area contributed by atoms with E-state index in [-0.39, 0.29) is 11.9 Å². The SMILES string of the molecule is COc1cc(C(=O)N2N=C(c3ccccc3)C[C@@H]2c2ccc(N(C)C)cc2)cc(OC)c1OC. The maximum Gasteiger partial charge on any atom is 0.274 e. The molecule has 0 unspecified atom stereocenters. The normalized spacial score (nSPS) is 15.0. The van der Waals surface area contributed by atoms with E-state index >= 15 is 0 Å². The number of hydrazone groups is 1. The molecule has 7 nitrogen and oxygen atoms in total. The van der Waals surface area contributed by atoms with E-state index in [1.54, 1.807) is 17.1 Å². The molecule has 1 atom stereocenters. The van der Waals surface area contributed by atoms with Crippen LogP contribution in [0.3, 0.4) is 0 Å². The molecule has 0 bridgehead atoms. The minimum absolute atomic E-state index is 0.238. The Morgan fingerprint density at radius 1 is 0.912 bits per heavy atom. The molecule has 0 fully saturated rings. The van der Waals surface area contributed by atoms with E-state index in [9.17, 15) is 4.79 Å². The Bertz CT molecular complexity index is 1170. The largest absolute Gasteiger partial charge is 0.493 e. The first-order valence-corrected chi connectivity index (χ1v) is 11.0. The van der Waals surface area contributed by atoms with Crippen molar-refractivity contribution in [3.63, 3.8) is 0 Å². The summed E-state index contributed by atoms with van der Waals surface area (Å²) in [7, 11) is 8.60. The number of carbonyl (C=O) groups excluding carboxylic acids is 1. The van der Waals surface area contributed by atoms with Crippen LogP contribution in [0.15, 0.2) is 71.8 Å². The quantitative estimate of drug-likeness (QED) is 0.509. The fraction of sp³-hybridized carbons (Fsp3) is 0.259. The molecule has 0 N–H and O–H groups in total. The Hall–Kier alpha value is -4.00. The molecule has 34 heavy (non-hydrogen) atoms. The first kappa shape index (κ1) is 23.2. The lowest BCUT2D eigenvalue weighted by Gasteiger charge is -2.23. The third-order valence-corrected chi connectivity index (χ3v) is 5.93. The summed E-state index contributed by atoms with van der Waals surface area (Å²) in [5.74, 6) is 1.03. The van der Waals surface area contributed by atoms with Crippen molar-refractivity contribution in [2.75, 3.05) is 40.3 Å². The zero-order chi connectivity index (χ0) is 24.2. The molecule has 3 aromatic carbocycles. The smallest absolute Gasteiger partial charge is 0.274 e. The molecule has 176 valence electrons. The van der Waals surface area contributed by atoms with Gasteiger partial charge in [0.15, 0.2) is 11.5 Å². The number of rotatable bonds is 7. The first-order chi connectivity index (χ1) is 16.5. The summed E-state index contributed by atoms with van der Waals surface area (Å²) in [6.45, 7) is 0. The summed E-state index contributed by atoms with van der Waals surface area (Å²) in [5, 5.41) is 6.34. The predicted octanol–water partition coefficient (Wildman–Crippen LogP) is 4.77. The highest BCUT2D eigenvalue weighted by molar-refractivity contribution is 6.05. The average Bonchev–Trinajstić information content (AvgIpc) is 3.33. The minimum atomic E-state index is -0.244. The number of nitrogens with zero attached hydrogens (tertiary/aromatic N) is 3. The molecule has 3 aromatic rings. The summed E-state index contributed by atoms with van der Waals surface area (Å²) in [5.41, 5.74) is 4.37. The second kappa shape index (κ2) is 9.87. The van der Waals surface area contributed by atoms with Crippen molar-refractivity contribution in [2.24, 2.45) is 5.10 Å². The Morgan fingerprint density at radius 2 is 1.53 bits per heavy atom. The van der Waals surface area contributed by atoms with E-state index in [1.807, 2.05) is 49.3 Å². The lowest BCUT2D eigenvalue weighted by atomic mass is 9.98. The molecule has 7 heteroatoms. The molecule has 1 amide bonds. The molecular formula is C27H29N3O4. The van der Waals surface area contributed by atoms with Crippen LogP contribution in [0.25, 0.3) is 0 Å². The Balaban J connectivity index is 1.76. The third-order valence-electron chi connectivity index (χ3n) is 5.93. The highest BCUT2D eigenvalue weighted by Gasteiger charge is 2.34.